The van der Waals surface area contributed by atoms with Crippen LogP contribution in [0.5, 0.6) is 5.75 Å². The third-order valence-corrected chi connectivity index (χ3v) is 5.40. The Bertz CT molecular complexity index is 632. The highest BCUT2D eigenvalue weighted by molar-refractivity contribution is 9.10. The highest BCUT2D eigenvalue weighted by Crippen LogP contribution is 2.41. The molecule has 2 aromatic rings. The van der Waals surface area contributed by atoms with E-state index in [0.717, 1.165) is 16.6 Å². The SMILES string of the molecule is COc1ccc2c(c1)C(N)C(Sc1cccc(Br)c1)C2. The summed E-state index contributed by atoms with van der Waals surface area (Å²) >= 11 is 5.36. The van der Waals surface area contributed by atoms with E-state index in [0.29, 0.717) is 5.25 Å². The second-order valence-electron chi connectivity index (χ2n) is 4.91. The molecular formula is C16H16BrNOS. The van der Waals surface area contributed by atoms with Crippen molar-refractivity contribution in [1.29, 1.82) is 0 Å². The molecule has 2 nitrogen and oxygen atoms in total. The highest BCUT2D eigenvalue weighted by Gasteiger charge is 2.30. The van der Waals surface area contributed by atoms with Gasteiger partial charge in [0.1, 0.15) is 5.75 Å². The Morgan fingerprint density at radius 3 is 2.85 bits per heavy atom. The molecule has 2 unspecified atom stereocenters. The molecule has 0 bridgehead atoms. The van der Waals surface area contributed by atoms with E-state index in [1.54, 1.807) is 7.11 Å². The summed E-state index contributed by atoms with van der Waals surface area (Å²) in [5, 5.41) is 0.381. The molecule has 20 heavy (non-hydrogen) atoms. The van der Waals surface area contributed by atoms with E-state index in [2.05, 4.69) is 46.3 Å². The summed E-state index contributed by atoms with van der Waals surface area (Å²) in [6, 6.07) is 14.6. The Balaban J connectivity index is 1.81. The van der Waals surface area contributed by atoms with Crippen molar-refractivity contribution in [3.05, 3.63) is 58.1 Å². The van der Waals surface area contributed by atoms with Crippen molar-refractivity contribution in [1.82, 2.24) is 0 Å². The Morgan fingerprint density at radius 1 is 1.25 bits per heavy atom. The van der Waals surface area contributed by atoms with Gasteiger partial charge in [-0.2, -0.15) is 0 Å². The van der Waals surface area contributed by atoms with Crippen LogP contribution < -0.4 is 10.5 Å². The first kappa shape index (κ1) is 14.0. The van der Waals surface area contributed by atoms with Gasteiger partial charge >= 0.3 is 0 Å². The monoisotopic (exact) mass is 349 g/mol. The molecule has 0 fully saturated rings. The minimum Gasteiger partial charge on any atom is -0.497 e. The van der Waals surface area contributed by atoms with Crippen LogP contribution in [0.2, 0.25) is 0 Å². The summed E-state index contributed by atoms with van der Waals surface area (Å²) < 4.78 is 6.39. The van der Waals surface area contributed by atoms with Gasteiger partial charge in [-0.3, -0.25) is 0 Å². The van der Waals surface area contributed by atoms with Gasteiger partial charge in [0, 0.05) is 20.7 Å². The van der Waals surface area contributed by atoms with E-state index in [1.807, 2.05) is 23.9 Å². The van der Waals surface area contributed by atoms with Crippen LogP contribution in [0.1, 0.15) is 17.2 Å². The van der Waals surface area contributed by atoms with E-state index >= 15 is 0 Å². The summed E-state index contributed by atoms with van der Waals surface area (Å²) in [6.07, 6.45) is 1.01. The lowest BCUT2D eigenvalue weighted by atomic mass is 10.1. The molecule has 2 N–H and O–H groups in total. The lowest BCUT2D eigenvalue weighted by Gasteiger charge is -2.16. The summed E-state index contributed by atoms with van der Waals surface area (Å²) in [5.41, 5.74) is 8.97. The van der Waals surface area contributed by atoms with Gasteiger partial charge in [0.25, 0.3) is 0 Å². The molecule has 2 atom stereocenters. The summed E-state index contributed by atoms with van der Waals surface area (Å²) in [5.74, 6) is 0.882. The van der Waals surface area contributed by atoms with E-state index in [4.69, 9.17) is 10.5 Å². The van der Waals surface area contributed by atoms with E-state index < -0.39 is 0 Å². The van der Waals surface area contributed by atoms with Crippen molar-refractivity contribution in [3.63, 3.8) is 0 Å². The van der Waals surface area contributed by atoms with Gasteiger partial charge in [0.2, 0.25) is 0 Å². The third-order valence-electron chi connectivity index (χ3n) is 3.62. The Labute approximate surface area is 131 Å². The number of fused-ring (bicyclic) bond motifs is 1. The molecule has 0 heterocycles. The zero-order valence-electron chi connectivity index (χ0n) is 11.2. The minimum absolute atomic E-state index is 0.0593. The fourth-order valence-electron chi connectivity index (χ4n) is 2.57. The maximum absolute atomic E-state index is 6.41. The first-order valence-electron chi connectivity index (χ1n) is 6.52. The summed E-state index contributed by atoms with van der Waals surface area (Å²) in [7, 11) is 1.69. The van der Waals surface area contributed by atoms with Crippen molar-refractivity contribution in [2.45, 2.75) is 22.6 Å². The molecule has 1 aliphatic rings. The van der Waals surface area contributed by atoms with Gasteiger partial charge in [-0.1, -0.05) is 28.1 Å². The fourth-order valence-corrected chi connectivity index (χ4v) is 4.38. The standard InChI is InChI=1S/C16H16BrNOS/c1-19-12-6-5-10-7-15(16(18)14(10)9-12)20-13-4-2-3-11(17)8-13/h2-6,8-9,15-16H,7,18H2,1H3. The Hall–Kier alpha value is -0.970. The normalized spacial score (nSPS) is 20.8. The zero-order valence-corrected chi connectivity index (χ0v) is 13.6. The number of thioether (sulfide) groups is 1. The molecule has 0 aliphatic heterocycles. The topological polar surface area (TPSA) is 35.2 Å². The molecule has 0 saturated carbocycles. The molecule has 0 amide bonds. The lowest BCUT2D eigenvalue weighted by Crippen LogP contribution is -2.18. The summed E-state index contributed by atoms with van der Waals surface area (Å²) in [6.45, 7) is 0. The van der Waals surface area contributed by atoms with Gasteiger partial charge in [0.15, 0.2) is 0 Å². The van der Waals surface area contributed by atoms with Crippen LogP contribution in [-0.4, -0.2) is 12.4 Å². The second-order valence-corrected chi connectivity index (χ2v) is 7.14. The second kappa shape index (κ2) is 5.80. The van der Waals surface area contributed by atoms with Crippen LogP contribution in [0.4, 0.5) is 0 Å². The maximum Gasteiger partial charge on any atom is 0.119 e. The molecule has 4 heteroatoms. The fraction of sp³-hybridized carbons (Fsp3) is 0.250. The molecule has 0 spiro atoms. The van der Waals surface area contributed by atoms with Gasteiger partial charge in [-0.15, -0.1) is 11.8 Å². The van der Waals surface area contributed by atoms with Gasteiger partial charge < -0.3 is 10.5 Å². The number of nitrogens with two attached hydrogens (primary N) is 1. The number of hydrogen-bond donors (Lipinski definition) is 1. The lowest BCUT2D eigenvalue weighted by molar-refractivity contribution is 0.414. The van der Waals surface area contributed by atoms with Gasteiger partial charge in [-0.05, 0) is 47.9 Å². The number of halogens is 1. The average molecular weight is 350 g/mol. The molecule has 1 aliphatic carbocycles. The molecular weight excluding hydrogens is 334 g/mol. The van der Waals surface area contributed by atoms with Crippen molar-refractivity contribution in [3.8, 4) is 5.75 Å². The molecule has 104 valence electrons. The van der Waals surface area contributed by atoms with Gasteiger partial charge in [-0.25, -0.2) is 0 Å². The number of hydrogen-bond acceptors (Lipinski definition) is 3. The van der Waals surface area contributed by atoms with Crippen LogP contribution >= 0.6 is 27.7 Å². The van der Waals surface area contributed by atoms with Crippen LogP contribution in [0.25, 0.3) is 0 Å². The molecule has 3 rings (SSSR count). The van der Waals surface area contributed by atoms with E-state index in [1.165, 1.54) is 16.0 Å². The molecule has 0 radical (unpaired) electrons. The maximum atomic E-state index is 6.41. The third kappa shape index (κ3) is 2.73. The largest absolute Gasteiger partial charge is 0.497 e. The van der Waals surface area contributed by atoms with E-state index in [9.17, 15) is 0 Å². The van der Waals surface area contributed by atoms with Crippen LogP contribution in [0.3, 0.4) is 0 Å². The van der Waals surface area contributed by atoms with Gasteiger partial charge in [0.05, 0.1) is 7.11 Å². The average Bonchev–Trinajstić information content (AvgIpc) is 2.75. The van der Waals surface area contributed by atoms with Crippen molar-refractivity contribution in [2.75, 3.05) is 7.11 Å². The molecule has 2 aromatic carbocycles. The highest BCUT2D eigenvalue weighted by atomic mass is 79.9. The minimum atomic E-state index is 0.0593. The van der Waals surface area contributed by atoms with Crippen LogP contribution in [0, 0.1) is 0 Å². The first-order chi connectivity index (χ1) is 9.67. The van der Waals surface area contributed by atoms with E-state index in [-0.39, 0.29) is 6.04 Å². The molecule has 0 aromatic heterocycles. The van der Waals surface area contributed by atoms with Crippen LogP contribution in [0.15, 0.2) is 51.8 Å². The number of benzene rings is 2. The summed E-state index contributed by atoms with van der Waals surface area (Å²) in [4.78, 5) is 1.25. The predicted octanol–water partition coefficient (Wildman–Crippen LogP) is 4.17. The Kier molecular flexibility index (Phi) is 4.06. The van der Waals surface area contributed by atoms with Crippen LogP contribution in [-0.2, 0) is 6.42 Å². The number of ether oxygens (including phenoxy) is 1. The zero-order chi connectivity index (χ0) is 14.1. The van der Waals surface area contributed by atoms with Crippen molar-refractivity contribution in [2.24, 2.45) is 5.73 Å². The quantitative estimate of drug-likeness (QED) is 0.902. The Morgan fingerprint density at radius 2 is 2.10 bits per heavy atom. The van der Waals surface area contributed by atoms with Crippen molar-refractivity contribution < 1.29 is 4.74 Å². The number of rotatable bonds is 3. The predicted molar refractivity (Wildman–Crippen MR) is 87.4 cm³/mol. The number of methoxy groups -OCH3 is 1. The smallest absolute Gasteiger partial charge is 0.119 e. The van der Waals surface area contributed by atoms with Crippen molar-refractivity contribution >= 4 is 27.7 Å². The first-order valence-corrected chi connectivity index (χ1v) is 8.19. The molecule has 0 saturated heterocycles.